The van der Waals surface area contributed by atoms with E-state index in [1.54, 1.807) is 0 Å². The minimum absolute atomic E-state index is 0.0352. The highest BCUT2D eigenvalue weighted by Gasteiger charge is 2.31. The average Bonchev–Trinajstić information content (AvgIpc) is 2.95. The average molecular weight is 392 g/mol. The summed E-state index contributed by atoms with van der Waals surface area (Å²) < 4.78 is 50.0. The monoisotopic (exact) mass is 392 g/mol. The van der Waals surface area contributed by atoms with Crippen LogP contribution in [0.4, 0.5) is 13.2 Å². The number of aromatic nitrogens is 2. The number of ether oxygens (including phenoxy) is 2. The second-order valence-electron chi connectivity index (χ2n) is 4.83. The van der Waals surface area contributed by atoms with Gasteiger partial charge in [-0.3, -0.25) is 0 Å². The number of esters is 1. The first-order valence-corrected chi connectivity index (χ1v) is 8.44. The fourth-order valence-electron chi connectivity index (χ4n) is 1.92. The van der Waals surface area contributed by atoms with Crippen LogP contribution in [-0.4, -0.2) is 27.3 Å². The van der Waals surface area contributed by atoms with Gasteiger partial charge in [0.15, 0.2) is 0 Å². The minimum atomic E-state index is -4.49. The van der Waals surface area contributed by atoms with Crippen LogP contribution in [0.15, 0.2) is 35.4 Å². The van der Waals surface area contributed by atoms with E-state index in [1.807, 2.05) is 6.92 Å². The number of thioether (sulfide) groups is 1. The molecule has 0 unspecified atom stereocenters. The van der Waals surface area contributed by atoms with E-state index in [4.69, 9.17) is 9.47 Å². The van der Waals surface area contributed by atoms with Crippen molar-refractivity contribution in [2.45, 2.75) is 30.4 Å². The van der Waals surface area contributed by atoms with Gasteiger partial charge < -0.3 is 9.47 Å². The van der Waals surface area contributed by atoms with Gasteiger partial charge >= 0.3 is 11.5 Å². The van der Waals surface area contributed by atoms with Gasteiger partial charge in [-0.1, -0.05) is 13.0 Å². The van der Waals surface area contributed by atoms with Crippen molar-refractivity contribution in [3.63, 3.8) is 0 Å². The lowest BCUT2D eigenvalue weighted by atomic mass is 10.1. The molecule has 1 aromatic carbocycles. The van der Waals surface area contributed by atoms with Gasteiger partial charge in [-0.25, -0.2) is 8.88 Å². The SMILES string of the molecule is CCCOC(=O)c1cccc(SC(F)(F)F)c1COc1ccn(S)n1. The molecule has 0 amide bonds. The van der Waals surface area contributed by atoms with Crippen LogP contribution >= 0.6 is 24.6 Å². The number of carbonyl (C=O) groups excluding carboxylic acids is 1. The molecule has 0 aliphatic carbocycles. The van der Waals surface area contributed by atoms with Crippen molar-refractivity contribution in [2.75, 3.05) is 6.61 Å². The lowest BCUT2D eigenvalue weighted by Crippen LogP contribution is -2.13. The minimum Gasteiger partial charge on any atom is -0.472 e. The van der Waals surface area contributed by atoms with Gasteiger partial charge in [-0.2, -0.15) is 13.2 Å². The number of hydrogen-bond donors (Lipinski definition) is 1. The fraction of sp³-hybridized carbons (Fsp3) is 0.333. The maximum absolute atomic E-state index is 12.8. The van der Waals surface area contributed by atoms with Crippen molar-refractivity contribution in [1.82, 2.24) is 9.19 Å². The van der Waals surface area contributed by atoms with Crippen molar-refractivity contribution >= 4 is 30.5 Å². The molecule has 0 radical (unpaired) electrons. The highest BCUT2D eigenvalue weighted by atomic mass is 32.2. The Hall–Kier alpha value is -1.81. The molecule has 0 N–H and O–H groups in total. The van der Waals surface area contributed by atoms with E-state index < -0.39 is 11.5 Å². The van der Waals surface area contributed by atoms with Crippen molar-refractivity contribution in [3.8, 4) is 5.88 Å². The predicted octanol–water partition coefficient (Wildman–Crippen LogP) is 4.33. The van der Waals surface area contributed by atoms with Gasteiger partial charge in [0.1, 0.15) is 6.61 Å². The molecule has 0 fully saturated rings. The summed E-state index contributed by atoms with van der Waals surface area (Å²) >= 11 is 3.65. The number of carbonyl (C=O) groups is 1. The number of rotatable bonds is 7. The summed E-state index contributed by atoms with van der Waals surface area (Å²) in [7, 11) is 0. The van der Waals surface area contributed by atoms with Gasteiger partial charge in [-0.05, 0) is 43.1 Å². The van der Waals surface area contributed by atoms with Crippen LogP contribution in [0, 0.1) is 0 Å². The summed E-state index contributed by atoms with van der Waals surface area (Å²) in [5.41, 5.74) is -4.36. The number of hydrogen-bond acceptors (Lipinski definition) is 6. The van der Waals surface area contributed by atoms with Crippen molar-refractivity contribution in [3.05, 3.63) is 41.6 Å². The Morgan fingerprint density at radius 3 is 2.72 bits per heavy atom. The molecule has 25 heavy (non-hydrogen) atoms. The predicted molar refractivity (Wildman–Crippen MR) is 89.9 cm³/mol. The normalized spacial score (nSPS) is 11.4. The van der Waals surface area contributed by atoms with Gasteiger partial charge in [0.2, 0.25) is 5.88 Å². The maximum Gasteiger partial charge on any atom is 0.446 e. The van der Waals surface area contributed by atoms with Crippen LogP contribution in [0.2, 0.25) is 0 Å². The first kappa shape index (κ1) is 19.5. The first-order chi connectivity index (χ1) is 11.8. The third-order valence-electron chi connectivity index (χ3n) is 2.93. The number of thiol groups is 1. The topological polar surface area (TPSA) is 53.4 Å². The van der Waals surface area contributed by atoms with Crippen molar-refractivity contribution < 1.29 is 27.4 Å². The Labute approximate surface area is 152 Å². The fourth-order valence-corrected chi connectivity index (χ4v) is 2.76. The molecule has 1 heterocycles. The summed E-state index contributed by atoms with van der Waals surface area (Å²) in [6.07, 6.45) is 2.11. The molecule has 0 bridgehead atoms. The van der Waals surface area contributed by atoms with Gasteiger partial charge in [-0.15, -0.1) is 5.10 Å². The first-order valence-electron chi connectivity index (χ1n) is 7.22. The zero-order chi connectivity index (χ0) is 18.4. The van der Waals surface area contributed by atoms with Crippen LogP contribution < -0.4 is 4.74 Å². The van der Waals surface area contributed by atoms with E-state index in [0.29, 0.717) is 6.42 Å². The molecule has 0 aliphatic heterocycles. The largest absolute Gasteiger partial charge is 0.472 e. The quantitative estimate of drug-likeness (QED) is 0.432. The van der Waals surface area contributed by atoms with E-state index in [0.717, 1.165) is 0 Å². The lowest BCUT2D eigenvalue weighted by molar-refractivity contribution is -0.0328. The van der Waals surface area contributed by atoms with Crippen molar-refractivity contribution in [2.24, 2.45) is 0 Å². The molecule has 0 spiro atoms. The lowest BCUT2D eigenvalue weighted by Gasteiger charge is -2.15. The van der Waals surface area contributed by atoms with E-state index in [1.165, 1.54) is 34.5 Å². The third-order valence-corrected chi connectivity index (χ3v) is 3.99. The zero-order valence-electron chi connectivity index (χ0n) is 13.1. The summed E-state index contributed by atoms with van der Waals surface area (Å²) in [4.78, 5) is 12.0. The molecule has 2 rings (SSSR count). The van der Waals surface area contributed by atoms with Gasteiger partial charge in [0.25, 0.3) is 0 Å². The van der Waals surface area contributed by atoms with Crippen LogP contribution in [0.5, 0.6) is 5.88 Å². The Kier molecular flexibility index (Phi) is 6.65. The number of halogens is 3. The van der Waals surface area contributed by atoms with E-state index in [9.17, 15) is 18.0 Å². The molecule has 5 nitrogen and oxygen atoms in total. The van der Waals surface area contributed by atoms with E-state index in [-0.39, 0.29) is 46.9 Å². The summed E-state index contributed by atoms with van der Waals surface area (Å²) in [6, 6.07) is 5.57. The molecule has 0 atom stereocenters. The maximum atomic E-state index is 12.8. The molecular formula is C15H15F3N2O3S2. The number of alkyl halides is 3. The second-order valence-corrected chi connectivity index (χ2v) is 6.35. The molecule has 0 saturated carbocycles. The highest BCUT2D eigenvalue weighted by Crippen LogP contribution is 2.39. The Morgan fingerprint density at radius 1 is 1.36 bits per heavy atom. The molecule has 10 heteroatoms. The Morgan fingerprint density at radius 2 is 2.12 bits per heavy atom. The van der Waals surface area contributed by atoms with E-state index in [2.05, 4.69) is 17.9 Å². The third kappa shape index (κ3) is 5.89. The smallest absolute Gasteiger partial charge is 0.446 e. The number of nitrogens with zero attached hydrogens (tertiary/aromatic N) is 2. The van der Waals surface area contributed by atoms with Crippen LogP contribution in [0.25, 0.3) is 0 Å². The molecule has 1 aromatic heterocycles. The van der Waals surface area contributed by atoms with E-state index >= 15 is 0 Å². The summed E-state index contributed by atoms with van der Waals surface area (Å²) in [5, 5.41) is 3.87. The Bertz CT molecular complexity index is 735. The molecular weight excluding hydrogens is 377 g/mol. The van der Waals surface area contributed by atoms with Crippen LogP contribution in [0.1, 0.15) is 29.3 Å². The van der Waals surface area contributed by atoms with Gasteiger partial charge in [0.05, 0.1) is 12.2 Å². The van der Waals surface area contributed by atoms with Crippen LogP contribution in [0.3, 0.4) is 0 Å². The second kappa shape index (κ2) is 8.52. The van der Waals surface area contributed by atoms with Crippen LogP contribution in [-0.2, 0) is 11.3 Å². The molecule has 136 valence electrons. The summed E-state index contributed by atoms with van der Waals surface area (Å²) in [5.74, 6) is -0.514. The van der Waals surface area contributed by atoms with Gasteiger partial charge in [0, 0.05) is 22.7 Å². The molecule has 0 aliphatic rings. The highest BCUT2D eigenvalue weighted by molar-refractivity contribution is 8.00. The standard InChI is InChI=1S/C15H15F3N2O3S2/c1-2-8-22-14(21)10-4-3-5-12(25-15(16,17)18)11(10)9-23-13-6-7-20(24)19-13/h3-7,24H,2,8-9H2,1H3. The zero-order valence-corrected chi connectivity index (χ0v) is 14.8. The molecule has 2 aromatic rings. The summed E-state index contributed by atoms with van der Waals surface area (Å²) in [6.45, 7) is 1.74. The Balaban J connectivity index is 2.30. The van der Waals surface area contributed by atoms with Crippen molar-refractivity contribution in [1.29, 1.82) is 0 Å². The number of benzene rings is 1. The molecule has 0 saturated heterocycles.